The van der Waals surface area contributed by atoms with E-state index in [1.165, 1.54) is 15.6 Å². The summed E-state index contributed by atoms with van der Waals surface area (Å²) in [6.07, 6.45) is 1.49. The van der Waals surface area contributed by atoms with Gasteiger partial charge in [0.2, 0.25) is 11.8 Å². The molecular weight excluding hydrogens is 350 g/mol. The van der Waals surface area contributed by atoms with E-state index in [-0.39, 0.29) is 18.4 Å². The molecule has 1 aromatic heterocycles. The van der Waals surface area contributed by atoms with Crippen molar-refractivity contribution in [1.29, 1.82) is 0 Å². The van der Waals surface area contributed by atoms with Crippen molar-refractivity contribution >= 4 is 33.2 Å². The molecule has 0 spiro atoms. The lowest BCUT2D eigenvalue weighted by atomic mass is 10.2. The minimum Gasteiger partial charge on any atom is -0.344 e. The third-order valence-electron chi connectivity index (χ3n) is 4.36. The Morgan fingerprint density at radius 3 is 2.71 bits per heavy atom. The van der Waals surface area contributed by atoms with Crippen LogP contribution >= 0.6 is 11.3 Å². The minimum atomic E-state index is -3.50. The van der Waals surface area contributed by atoms with Gasteiger partial charge in [0.05, 0.1) is 0 Å². The fraction of sp³-hybridized carbons (Fsp3) is 0.600. The van der Waals surface area contributed by atoms with Gasteiger partial charge in [0.15, 0.2) is 0 Å². The number of rotatable bonds is 3. The summed E-state index contributed by atoms with van der Waals surface area (Å²) in [6.45, 7) is 3.43. The Morgan fingerprint density at radius 1 is 1.29 bits per heavy atom. The zero-order chi connectivity index (χ0) is 17.3. The summed E-state index contributed by atoms with van der Waals surface area (Å²) >= 11 is 1.23. The van der Waals surface area contributed by atoms with Crippen molar-refractivity contribution in [3.05, 3.63) is 17.0 Å². The van der Waals surface area contributed by atoms with E-state index in [1.54, 1.807) is 11.0 Å². The van der Waals surface area contributed by atoms with Gasteiger partial charge >= 0.3 is 0 Å². The largest absolute Gasteiger partial charge is 0.344 e. The van der Waals surface area contributed by atoms with Crippen LogP contribution in [-0.4, -0.2) is 61.7 Å². The van der Waals surface area contributed by atoms with Gasteiger partial charge in [-0.1, -0.05) is 0 Å². The quantitative estimate of drug-likeness (QED) is 0.841. The molecule has 7 nitrogen and oxygen atoms in total. The standard InChI is InChI=1S/C15H21N3O4S2/c1-11-9-14(23-10-11)24(21,22)18-6-2-5-17(7-8-18)15(20)12-3-4-13(19)16-12/h9-10,12H,2-8H2,1H3,(H,16,19). The van der Waals surface area contributed by atoms with Crippen molar-refractivity contribution in [3.63, 3.8) is 0 Å². The molecule has 2 aliphatic heterocycles. The smallest absolute Gasteiger partial charge is 0.252 e. The molecule has 0 aromatic carbocycles. The summed E-state index contributed by atoms with van der Waals surface area (Å²) in [5.41, 5.74) is 0.933. The third-order valence-corrected chi connectivity index (χ3v) is 7.79. The topological polar surface area (TPSA) is 86.8 Å². The van der Waals surface area contributed by atoms with Gasteiger partial charge in [0, 0.05) is 32.6 Å². The molecule has 0 aliphatic carbocycles. The lowest BCUT2D eigenvalue weighted by Gasteiger charge is -2.24. The van der Waals surface area contributed by atoms with Crippen LogP contribution in [0.15, 0.2) is 15.7 Å². The average Bonchev–Trinajstić information content (AvgIpc) is 3.08. The van der Waals surface area contributed by atoms with Crippen LogP contribution in [0.4, 0.5) is 0 Å². The van der Waals surface area contributed by atoms with E-state index in [0.29, 0.717) is 43.1 Å². The monoisotopic (exact) mass is 371 g/mol. The normalized spacial score (nSPS) is 23.1. The summed E-state index contributed by atoms with van der Waals surface area (Å²) in [4.78, 5) is 25.4. The molecule has 1 atom stereocenters. The predicted octanol–water partition coefficient (Wildman–Crippen LogP) is 0.558. The van der Waals surface area contributed by atoms with Gasteiger partial charge in [0.1, 0.15) is 10.3 Å². The Bertz CT molecular complexity index is 744. The van der Waals surface area contributed by atoms with E-state index in [0.717, 1.165) is 5.56 Å². The highest BCUT2D eigenvalue weighted by atomic mass is 32.2. The maximum absolute atomic E-state index is 12.7. The summed E-state index contributed by atoms with van der Waals surface area (Å²) in [5.74, 6) is -0.201. The molecule has 9 heteroatoms. The number of nitrogens with one attached hydrogen (secondary N) is 1. The van der Waals surface area contributed by atoms with Gasteiger partial charge in [0.25, 0.3) is 10.0 Å². The van der Waals surface area contributed by atoms with E-state index in [1.807, 2.05) is 12.3 Å². The molecule has 0 bridgehead atoms. The number of sulfonamides is 1. The highest BCUT2D eigenvalue weighted by Crippen LogP contribution is 2.24. The molecule has 2 saturated heterocycles. The second-order valence-corrected chi connectivity index (χ2v) is 9.26. The Labute approximate surface area is 145 Å². The van der Waals surface area contributed by atoms with Gasteiger partial charge in [-0.3, -0.25) is 9.59 Å². The number of hydrogen-bond donors (Lipinski definition) is 1. The first kappa shape index (κ1) is 17.4. The van der Waals surface area contributed by atoms with E-state index >= 15 is 0 Å². The number of thiophene rings is 1. The first-order chi connectivity index (χ1) is 11.4. The molecule has 3 heterocycles. The summed E-state index contributed by atoms with van der Waals surface area (Å²) in [7, 11) is -3.50. The molecule has 24 heavy (non-hydrogen) atoms. The molecule has 1 aromatic rings. The third kappa shape index (κ3) is 3.47. The van der Waals surface area contributed by atoms with Crippen molar-refractivity contribution in [2.45, 2.75) is 36.4 Å². The van der Waals surface area contributed by atoms with Gasteiger partial charge in [-0.2, -0.15) is 4.31 Å². The summed E-state index contributed by atoms with van der Waals surface area (Å²) < 4.78 is 27.2. The van der Waals surface area contributed by atoms with Gasteiger partial charge in [-0.05, 0) is 36.8 Å². The molecule has 2 aliphatic rings. The molecule has 1 unspecified atom stereocenters. The molecule has 3 rings (SSSR count). The highest BCUT2D eigenvalue weighted by Gasteiger charge is 2.33. The summed E-state index contributed by atoms with van der Waals surface area (Å²) in [5, 5.41) is 4.50. The maximum atomic E-state index is 12.7. The Balaban J connectivity index is 1.67. The van der Waals surface area contributed by atoms with E-state index in [2.05, 4.69) is 5.32 Å². The van der Waals surface area contributed by atoms with Crippen molar-refractivity contribution in [2.75, 3.05) is 26.2 Å². The predicted molar refractivity (Wildman–Crippen MR) is 90.2 cm³/mol. The SMILES string of the molecule is Cc1csc(S(=O)(=O)N2CCCN(C(=O)C3CCC(=O)N3)CC2)c1. The molecule has 0 radical (unpaired) electrons. The second-order valence-electron chi connectivity index (χ2n) is 6.18. The van der Waals surface area contributed by atoms with Gasteiger partial charge < -0.3 is 10.2 Å². The fourth-order valence-corrected chi connectivity index (χ4v) is 5.89. The summed E-state index contributed by atoms with van der Waals surface area (Å²) in [6, 6.07) is 1.22. The lowest BCUT2D eigenvalue weighted by Crippen LogP contribution is -2.46. The van der Waals surface area contributed by atoms with Crippen molar-refractivity contribution in [3.8, 4) is 0 Å². The van der Waals surface area contributed by atoms with E-state index < -0.39 is 16.1 Å². The molecule has 2 fully saturated rings. The second kappa shape index (κ2) is 6.81. The fourth-order valence-electron chi connectivity index (χ4n) is 3.04. The zero-order valence-electron chi connectivity index (χ0n) is 13.5. The van der Waals surface area contributed by atoms with Gasteiger partial charge in [-0.25, -0.2) is 8.42 Å². The number of carbonyl (C=O) groups is 2. The van der Waals surface area contributed by atoms with E-state index in [4.69, 9.17) is 0 Å². The van der Waals surface area contributed by atoms with Crippen LogP contribution in [-0.2, 0) is 19.6 Å². The molecular formula is C15H21N3O4S2. The van der Waals surface area contributed by atoms with Crippen LogP contribution in [0.3, 0.4) is 0 Å². The van der Waals surface area contributed by atoms with Crippen molar-refractivity contribution < 1.29 is 18.0 Å². The first-order valence-corrected chi connectivity index (χ1v) is 10.3. The minimum absolute atomic E-state index is 0.0968. The number of carbonyl (C=O) groups excluding carboxylic acids is 2. The van der Waals surface area contributed by atoms with Crippen molar-refractivity contribution in [2.24, 2.45) is 0 Å². The Kier molecular flexibility index (Phi) is 4.93. The number of amides is 2. The molecule has 2 amide bonds. The van der Waals surface area contributed by atoms with Crippen LogP contribution in [0.1, 0.15) is 24.8 Å². The van der Waals surface area contributed by atoms with Crippen LogP contribution in [0, 0.1) is 6.92 Å². The molecule has 1 N–H and O–H groups in total. The lowest BCUT2D eigenvalue weighted by molar-refractivity contribution is -0.134. The number of nitrogens with zero attached hydrogens (tertiary/aromatic N) is 2. The number of aryl methyl sites for hydroxylation is 1. The maximum Gasteiger partial charge on any atom is 0.252 e. The van der Waals surface area contributed by atoms with Crippen molar-refractivity contribution in [1.82, 2.24) is 14.5 Å². The molecule has 0 saturated carbocycles. The average molecular weight is 371 g/mol. The van der Waals surface area contributed by atoms with E-state index in [9.17, 15) is 18.0 Å². The highest BCUT2D eigenvalue weighted by molar-refractivity contribution is 7.91. The first-order valence-electron chi connectivity index (χ1n) is 8.01. The number of hydrogen-bond acceptors (Lipinski definition) is 5. The van der Waals surface area contributed by atoms with Crippen LogP contribution in [0.2, 0.25) is 0 Å². The Hall–Kier alpha value is -1.45. The van der Waals surface area contributed by atoms with Crippen LogP contribution in [0.5, 0.6) is 0 Å². The molecule has 132 valence electrons. The Morgan fingerprint density at radius 2 is 2.08 bits per heavy atom. The van der Waals surface area contributed by atoms with Gasteiger partial charge in [-0.15, -0.1) is 11.3 Å². The van der Waals surface area contributed by atoms with Crippen LogP contribution < -0.4 is 5.32 Å². The van der Waals surface area contributed by atoms with Crippen LogP contribution in [0.25, 0.3) is 0 Å². The zero-order valence-corrected chi connectivity index (χ0v) is 15.2.